The fraction of sp³-hybridized carbons (Fsp3) is 0.545. The Hall–Kier alpha value is -2.72. The van der Waals surface area contributed by atoms with Gasteiger partial charge in [-0.2, -0.15) is 4.98 Å². The molecule has 3 aliphatic rings. The predicted molar refractivity (Wildman–Crippen MR) is 118 cm³/mol. The van der Waals surface area contributed by atoms with Gasteiger partial charge in [-0.15, -0.1) is 11.3 Å². The number of amides is 1. The number of carbonyl (C=O) groups excluding carboxylic acids is 1. The predicted octanol–water partition coefficient (Wildman–Crippen LogP) is 5.45. The zero-order valence-corrected chi connectivity index (χ0v) is 19.3. The first-order valence-electron chi connectivity index (χ1n) is 10.6. The molecule has 0 saturated heterocycles. The van der Waals surface area contributed by atoms with Crippen LogP contribution in [0.1, 0.15) is 82.0 Å². The molecule has 1 amide bonds. The van der Waals surface area contributed by atoms with Gasteiger partial charge >= 0.3 is 6.16 Å². The highest BCUT2D eigenvalue weighted by molar-refractivity contribution is 7.17. The zero-order chi connectivity index (χ0) is 23.3. The summed E-state index contributed by atoms with van der Waals surface area (Å²) in [7, 11) is 0. The number of allylic oxidation sites excluding steroid dienone is 1. The van der Waals surface area contributed by atoms with E-state index in [1.165, 1.54) is 0 Å². The summed E-state index contributed by atoms with van der Waals surface area (Å²) in [6.45, 7) is 8.24. The number of aromatic nitrogens is 2. The van der Waals surface area contributed by atoms with Crippen LogP contribution in [0.4, 0.5) is 9.80 Å². The van der Waals surface area contributed by atoms with Crippen molar-refractivity contribution in [1.82, 2.24) is 10.1 Å². The summed E-state index contributed by atoms with van der Waals surface area (Å²) in [4.78, 5) is 27.1. The number of ether oxygens (including phenoxy) is 1. The van der Waals surface area contributed by atoms with Crippen molar-refractivity contribution < 1.29 is 29.1 Å². The molecule has 172 valence electrons. The summed E-state index contributed by atoms with van der Waals surface area (Å²) >= 11 is 1.56. The Morgan fingerprint density at radius 2 is 1.88 bits per heavy atom. The average Bonchev–Trinajstić information content (AvgIpc) is 3.07. The van der Waals surface area contributed by atoms with Crippen LogP contribution >= 0.6 is 11.3 Å². The first-order valence-corrected chi connectivity index (χ1v) is 11.5. The van der Waals surface area contributed by atoms with Gasteiger partial charge in [0.25, 0.3) is 11.8 Å². The fourth-order valence-corrected chi connectivity index (χ4v) is 5.74. The number of thiophene rings is 1. The maximum Gasteiger partial charge on any atom is 0.503 e. The lowest BCUT2D eigenvalue weighted by Crippen LogP contribution is -2.23. The van der Waals surface area contributed by atoms with Crippen molar-refractivity contribution >= 4 is 28.4 Å². The second-order valence-corrected chi connectivity index (χ2v) is 10.2. The second-order valence-electron chi connectivity index (χ2n) is 9.22. The van der Waals surface area contributed by atoms with Gasteiger partial charge in [-0.25, -0.2) is 4.79 Å². The highest BCUT2D eigenvalue weighted by Crippen LogP contribution is 2.57. The molecule has 1 aliphatic heterocycles. The third-order valence-electron chi connectivity index (χ3n) is 5.73. The van der Waals surface area contributed by atoms with E-state index in [2.05, 4.69) is 43.2 Å². The number of hydrogen-bond acceptors (Lipinski definition) is 7. The molecule has 10 heteroatoms. The largest absolute Gasteiger partial charge is 0.503 e. The topological polar surface area (TPSA) is 135 Å². The van der Waals surface area contributed by atoms with Crippen LogP contribution in [0.2, 0.25) is 0 Å². The smallest absolute Gasteiger partial charge is 0.450 e. The molecule has 9 nitrogen and oxygen atoms in total. The van der Waals surface area contributed by atoms with Crippen LogP contribution in [-0.2, 0) is 20.7 Å². The van der Waals surface area contributed by atoms with Crippen molar-refractivity contribution in [3.63, 3.8) is 0 Å². The number of nitrogens with zero attached hydrogens (tertiary/aromatic N) is 2. The number of fused-ring (bicyclic) bond motifs is 1. The molecule has 1 fully saturated rings. The maximum absolute atomic E-state index is 12.8. The van der Waals surface area contributed by atoms with Crippen LogP contribution in [0.3, 0.4) is 0 Å². The van der Waals surface area contributed by atoms with Crippen molar-refractivity contribution in [2.75, 3.05) is 5.32 Å². The molecule has 0 radical (unpaired) electrons. The normalized spacial score (nSPS) is 20.2. The Balaban J connectivity index is 0.000000567. The van der Waals surface area contributed by atoms with E-state index in [1.807, 2.05) is 6.08 Å². The minimum Gasteiger partial charge on any atom is -0.450 e. The molecule has 0 unspecified atom stereocenters. The number of hydrogen-bond donors (Lipinski definition) is 3. The number of anilines is 1. The SMILES string of the molecule is CC1(C)OC(C)(C)c2c1sc(NC(=O)C1=CCCC1)c2-c1nc(C2CC2)no1.O=C(O)O. The summed E-state index contributed by atoms with van der Waals surface area (Å²) in [5, 5.41) is 22.1. The zero-order valence-electron chi connectivity index (χ0n) is 18.5. The molecule has 2 aliphatic carbocycles. The molecule has 0 atom stereocenters. The second kappa shape index (κ2) is 8.00. The molecule has 2 aromatic heterocycles. The molecule has 3 N–H and O–H groups in total. The van der Waals surface area contributed by atoms with Gasteiger partial charge in [-0.3, -0.25) is 4.79 Å². The maximum atomic E-state index is 12.8. The van der Waals surface area contributed by atoms with Gasteiger partial charge in [0.1, 0.15) is 5.00 Å². The van der Waals surface area contributed by atoms with Gasteiger partial charge in [0.2, 0.25) is 0 Å². The van der Waals surface area contributed by atoms with Gasteiger partial charge in [0.15, 0.2) is 5.82 Å². The minimum absolute atomic E-state index is 0.0304. The molecule has 0 bridgehead atoms. The van der Waals surface area contributed by atoms with Gasteiger partial charge in [-0.05, 0) is 59.8 Å². The third-order valence-corrected chi connectivity index (χ3v) is 7.14. The highest BCUT2D eigenvalue weighted by atomic mass is 32.1. The van der Waals surface area contributed by atoms with Crippen LogP contribution in [0.5, 0.6) is 0 Å². The molecule has 1 saturated carbocycles. The monoisotopic (exact) mass is 461 g/mol. The van der Waals surface area contributed by atoms with E-state index in [-0.39, 0.29) is 5.91 Å². The fourth-order valence-electron chi connectivity index (χ4n) is 4.36. The standard InChI is InChI=1S/C21H25N3O3S.CH2O3/c1-20(2)14-13(18-22-16(24-26-18)11-9-10-11)19(28-15(14)21(3,4)27-20)23-17(25)12-7-5-6-8-12;2-1(3)4/h7,11H,5-6,8-10H2,1-4H3,(H,23,25);(H2,2,3,4). The number of carbonyl (C=O) groups is 2. The van der Waals surface area contributed by atoms with Gasteiger partial charge < -0.3 is 24.8 Å². The lowest BCUT2D eigenvalue weighted by molar-refractivity contribution is -0.113. The van der Waals surface area contributed by atoms with E-state index in [0.29, 0.717) is 11.8 Å². The van der Waals surface area contributed by atoms with Crippen molar-refractivity contribution in [2.24, 2.45) is 0 Å². The number of rotatable bonds is 4. The van der Waals surface area contributed by atoms with Gasteiger partial charge in [0, 0.05) is 21.9 Å². The number of carboxylic acid groups (broad SMARTS) is 2. The Morgan fingerprint density at radius 1 is 1.19 bits per heavy atom. The number of nitrogens with one attached hydrogen (secondary N) is 1. The Labute approximate surface area is 189 Å². The molecule has 0 aromatic carbocycles. The van der Waals surface area contributed by atoms with E-state index in [9.17, 15) is 4.79 Å². The Kier molecular flexibility index (Phi) is 5.62. The van der Waals surface area contributed by atoms with Crippen LogP contribution in [-0.4, -0.2) is 32.4 Å². The van der Waals surface area contributed by atoms with E-state index in [0.717, 1.165) is 64.5 Å². The van der Waals surface area contributed by atoms with Crippen LogP contribution in [0.25, 0.3) is 11.5 Å². The van der Waals surface area contributed by atoms with E-state index in [1.54, 1.807) is 11.3 Å². The van der Waals surface area contributed by atoms with E-state index in [4.69, 9.17) is 24.3 Å². The lowest BCUT2D eigenvalue weighted by atomic mass is 9.94. The van der Waals surface area contributed by atoms with Crippen LogP contribution in [0.15, 0.2) is 16.2 Å². The first kappa shape index (κ1) is 22.5. The van der Waals surface area contributed by atoms with Crippen molar-refractivity contribution in [2.45, 2.75) is 76.9 Å². The third kappa shape index (κ3) is 4.29. The summed E-state index contributed by atoms with van der Waals surface area (Å²) in [5.74, 6) is 1.62. The minimum atomic E-state index is -1.83. The molecule has 2 aromatic rings. The quantitative estimate of drug-likeness (QED) is 0.547. The van der Waals surface area contributed by atoms with Crippen molar-refractivity contribution in [1.29, 1.82) is 0 Å². The van der Waals surface area contributed by atoms with E-state index >= 15 is 0 Å². The highest BCUT2D eigenvalue weighted by Gasteiger charge is 2.49. The molecule has 0 spiro atoms. The summed E-state index contributed by atoms with van der Waals surface area (Å²) in [5.41, 5.74) is 1.78. The summed E-state index contributed by atoms with van der Waals surface area (Å²) in [6, 6.07) is 0. The Bertz CT molecular complexity index is 1090. The molecular formula is C22H27N3O6S. The first-order chi connectivity index (χ1) is 15.0. The van der Waals surface area contributed by atoms with E-state index < -0.39 is 17.4 Å². The Morgan fingerprint density at radius 3 is 2.47 bits per heavy atom. The van der Waals surface area contributed by atoms with Crippen molar-refractivity contribution in [3.8, 4) is 11.5 Å². The molecule has 3 heterocycles. The lowest BCUT2D eigenvalue weighted by Gasteiger charge is -2.26. The summed E-state index contributed by atoms with van der Waals surface area (Å²) in [6.07, 6.45) is 5.27. The van der Waals surface area contributed by atoms with Crippen molar-refractivity contribution in [3.05, 3.63) is 27.9 Å². The summed E-state index contributed by atoms with van der Waals surface area (Å²) < 4.78 is 12.0. The van der Waals surface area contributed by atoms with Gasteiger partial charge in [-0.1, -0.05) is 11.2 Å². The molecule has 5 rings (SSSR count). The van der Waals surface area contributed by atoms with Crippen LogP contribution in [0, 0.1) is 0 Å². The van der Waals surface area contributed by atoms with Gasteiger partial charge in [0.05, 0.1) is 16.8 Å². The molecular weight excluding hydrogens is 434 g/mol. The van der Waals surface area contributed by atoms with Crippen LogP contribution < -0.4 is 5.32 Å². The molecule has 32 heavy (non-hydrogen) atoms. The average molecular weight is 462 g/mol.